The molecule has 6 heteroatoms. The van der Waals surface area contributed by atoms with Gasteiger partial charge in [0.15, 0.2) is 0 Å². The van der Waals surface area contributed by atoms with E-state index < -0.39 is 5.82 Å². The zero-order valence-corrected chi connectivity index (χ0v) is 12.4. The quantitative estimate of drug-likeness (QED) is 0.804. The van der Waals surface area contributed by atoms with Crippen LogP contribution in [-0.2, 0) is 13.6 Å². The minimum Gasteiger partial charge on any atom is -0.345 e. The van der Waals surface area contributed by atoms with Gasteiger partial charge in [-0.05, 0) is 36.4 Å². The molecule has 1 amide bonds. The Bertz CT molecular complexity index is 933. The smallest absolute Gasteiger partial charge is 0.261 e. The molecule has 1 aromatic heterocycles. The Morgan fingerprint density at radius 2 is 1.87 bits per heavy atom. The summed E-state index contributed by atoms with van der Waals surface area (Å²) in [6, 6.07) is 12.3. The molecule has 3 aromatic rings. The number of hydrogen-bond donors (Lipinski definition) is 1. The first-order valence-electron chi connectivity index (χ1n) is 7.04. The molecule has 0 radical (unpaired) electrons. The first-order valence-corrected chi connectivity index (χ1v) is 7.04. The third kappa shape index (κ3) is 2.96. The molecule has 0 unspecified atom stereocenters. The van der Waals surface area contributed by atoms with E-state index in [1.807, 2.05) is 0 Å². The van der Waals surface area contributed by atoms with Gasteiger partial charge < -0.3 is 5.32 Å². The number of para-hydroxylation sites is 1. The predicted octanol–water partition coefficient (Wildman–Crippen LogP) is 2.00. The highest BCUT2D eigenvalue weighted by Gasteiger charge is 2.10. The van der Waals surface area contributed by atoms with Crippen molar-refractivity contribution in [2.24, 2.45) is 7.05 Å². The fourth-order valence-electron chi connectivity index (χ4n) is 2.28. The van der Waals surface area contributed by atoms with Crippen LogP contribution >= 0.6 is 0 Å². The molecule has 23 heavy (non-hydrogen) atoms. The van der Waals surface area contributed by atoms with E-state index in [1.165, 1.54) is 28.8 Å². The fraction of sp³-hybridized carbons (Fsp3) is 0.118. The molecule has 0 aliphatic carbocycles. The van der Waals surface area contributed by atoms with E-state index in [2.05, 4.69) is 10.3 Å². The van der Waals surface area contributed by atoms with Crippen molar-refractivity contribution >= 4 is 16.8 Å². The Morgan fingerprint density at radius 1 is 1.17 bits per heavy atom. The van der Waals surface area contributed by atoms with Crippen molar-refractivity contribution < 1.29 is 9.18 Å². The highest BCUT2D eigenvalue weighted by Crippen LogP contribution is 2.07. The second-order valence-corrected chi connectivity index (χ2v) is 5.10. The lowest BCUT2D eigenvalue weighted by Gasteiger charge is -2.10. The Kier molecular flexibility index (Phi) is 3.89. The predicted molar refractivity (Wildman–Crippen MR) is 84.6 cm³/mol. The maximum atomic E-state index is 12.9. The van der Waals surface area contributed by atoms with Crippen LogP contribution in [0.25, 0.3) is 10.9 Å². The number of hydrogen-bond acceptors (Lipinski definition) is 3. The summed E-state index contributed by atoms with van der Waals surface area (Å²) in [5, 5.41) is 3.21. The second-order valence-electron chi connectivity index (χ2n) is 5.10. The third-order valence-electron chi connectivity index (χ3n) is 3.59. The van der Waals surface area contributed by atoms with Crippen molar-refractivity contribution in [1.29, 1.82) is 0 Å². The number of amides is 1. The van der Waals surface area contributed by atoms with Crippen LogP contribution in [0.5, 0.6) is 0 Å². The van der Waals surface area contributed by atoms with E-state index in [0.29, 0.717) is 22.3 Å². The summed E-state index contributed by atoms with van der Waals surface area (Å²) in [4.78, 5) is 28.7. The molecule has 0 atom stereocenters. The van der Waals surface area contributed by atoms with E-state index >= 15 is 0 Å². The van der Waals surface area contributed by atoms with Crippen molar-refractivity contribution in [1.82, 2.24) is 14.9 Å². The summed E-state index contributed by atoms with van der Waals surface area (Å²) in [6.45, 7) is 0.104. The summed E-state index contributed by atoms with van der Waals surface area (Å²) in [6.07, 6.45) is 0. The summed E-state index contributed by atoms with van der Waals surface area (Å²) in [5.41, 5.74) is 0.764. The Labute approximate surface area is 131 Å². The van der Waals surface area contributed by atoms with Crippen LogP contribution in [0.4, 0.5) is 4.39 Å². The first kappa shape index (κ1) is 14.9. The molecule has 0 aliphatic rings. The van der Waals surface area contributed by atoms with Gasteiger partial charge in [-0.2, -0.15) is 0 Å². The van der Waals surface area contributed by atoms with Crippen molar-refractivity contribution in [3.8, 4) is 0 Å². The summed E-state index contributed by atoms with van der Waals surface area (Å²) in [5.74, 6) is -0.309. The van der Waals surface area contributed by atoms with E-state index in [4.69, 9.17) is 0 Å². The number of benzene rings is 2. The van der Waals surface area contributed by atoms with E-state index in [0.717, 1.165) is 0 Å². The SMILES string of the molecule is Cn1c(CNC(=O)c2ccc(F)cc2)nc2ccccc2c1=O. The maximum absolute atomic E-state index is 12.9. The van der Waals surface area contributed by atoms with Crippen LogP contribution < -0.4 is 10.9 Å². The highest BCUT2D eigenvalue weighted by atomic mass is 19.1. The number of carbonyl (C=O) groups is 1. The van der Waals surface area contributed by atoms with Gasteiger partial charge in [-0.15, -0.1) is 0 Å². The Balaban J connectivity index is 1.84. The molecule has 0 aliphatic heterocycles. The lowest BCUT2D eigenvalue weighted by atomic mass is 10.2. The molecular weight excluding hydrogens is 297 g/mol. The maximum Gasteiger partial charge on any atom is 0.261 e. The van der Waals surface area contributed by atoms with Crippen LogP contribution in [0.15, 0.2) is 53.3 Å². The number of aromatic nitrogens is 2. The Morgan fingerprint density at radius 3 is 2.61 bits per heavy atom. The van der Waals surface area contributed by atoms with Gasteiger partial charge in [0.2, 0.25) is 0 Å². The molecule has 0 bridgehead atoms. The zero-order chi connectivity index (χ0) is 16.4. The standard InChI is InChI=1S/C17H14FN3O2/c1-21-15(20-14-5-3-2-4-13(14)17(21)23)10-19-16(22)11-6-8-12(18)9-7-11/h2-9H,10H2,1H3,(H,19,22). The topological polar surface area (TPSA) is 64.0 Å². The monoisotopic (exact) mass is 311 g/mol. The number of nitrogens with one attached hydrogen (secondary N) is 1. The van der Waals surface area contributed by atoms with E-state index in [-0.39, 0.29) is 18.0 Å². The molecule has 3 rings (SSSR count). The van der Waals surface area contributed by atoms with Crippen molar-refractivity contribution in [3.63, 3.8) is 0 Å². The first-order chi connectivity index (χ1) is 11.1. The van der Waals surface area contributed by atoms with E-state index in [9.17, 15) is 14.0 Å². The normalized spacial score (nSPS) is 10.7. The molecule has 1 N–H and O–H groups in total. The number of rotatable bonds is 3. The van der Waals surface area contributed by atoms with Crippen LogP contribution in [0, 0.1) is 5.82 Å². The van der Waals surface area contributed by atoms with Gasteiger partial charge in [-0.3, -0.25) is 14.2 Å². The molecule has 0 spiro atoms. The number of halogens is 1. The van der Waals surface area contributed by atoms with Crippen molar-refractivity contribution in [2.75, 3.05) is 0 Å². The van der Waals surface area contributed by atoms with Crippen LogP contribution in [0.2, 0.25) is 0 Å². The van der Waals surface area contributed by atoms with Gasteiger partial charge in [-0.1, -0.05) is 12.1 Å². The van der Waals surface area contributed by atoms with Crippen LogP contribution in [0.1, 0.15) is 16.2 Å². The molecular formula is C17H14FN3O2. The van der Waals surface area contributed by atoms with Gasteiger partial charge in [0.1, 0.15) is 11.6 Å². The second kappa shape index (κ2) is 6.00. The van der Waals surface area contributed by atoms with Gasteiger partial charge in [0.25, 0.3) is 11.5 Å². The molecule has 5 nitrogen and oxygen atoms in total. The fourth-order valence-corrected chi connectivity index (χ4v) is 2.28. The largest absolute Gasteiger partial charge is 0.345 e. The van der Waals surface area contributed by atoms with Gasteiger partial charge in [-0.25, -0.2) is 9.37 Å². The highest BCUT2D eigenvalue weighted by molar-refractivity contribution is 5.94. The summed E-state index contributed by atoms with van der Waals surface area (Å²) in [7, 11) is 1.61. The van der Waals surface area contributed by atoms with E-state index in [1.54, 1.807) is 31.3 Å². The average molecular weight is 311 g/mol. The van der Waals surface area contributed by atoms with Crippen LogP contribution in [0.3, 0.4) is 0 Å². The lowest BCUT2D eigenvalue weighted by molar-refractivity contribution is 0.0949. The van der Waals surface area contributed by atoms with Crippen molar-refractivity contribution in [2.45, 2.75) is 6.54 Å². The molecule has 116 valence electrons. The molecule has 1 heterocycles. The van der Waals surface area contributed by atoms with Crippen molar-refractivity contribution in [3.05, 3.63) is 76.1 Å². The van der Waals surface area contributed by atoms with Crippen LogP contribution in [-0.4, -0.2) is 15.5 Å². The number of fused-ring (bicyclic) bond motifs is 1. The number of nitrogens with zero attached hydrogens (tertiary/aromatic N) is 2. The van der Waals surface area contributed by atoms with Gasteiger partial charge in [0, 0.05) is 12.6 Å². The lowest BCUT2D eigenvalue weighted by Crippen LogP contribution is -2.29. The summed E-state index contributed by atoms with van der Waals surface area (Å²) >= 11 is 0. The molecule has 0 saturated carbocycles. The molecule has 2 aromatic carbocycles. The average Bonchev–Trinajstić information content (AvgIpc) is 2.57. The third-order valence-corrected chi connectivity index (χ3v) is 3.59. The summed E-state index contributed by atoms with van der Waals surface area (Å²) < 4.78 is 14.3. The van der Waals surface area contributed by atoms with Gasteiger partial charge in [0.05, 0.1) is 17.4 Å². The Hall–Kier alpha value is -3.02. The zero-order valence-electron chi connectivity index (χ0n) is 12.4. The molecule has 0 fully saturated rings. The number of carbonyl (C=O) groups excluding carboxylic acids is 1. The van der Waals surface area contributed by atoms with Gasteiger partial charge >= 0.3 is 0 Å². The minimum atomic E-state index is -0.403. The molecule has 0 saturated heterocycles. The minimum absolute atomic E-state index is 0.104.